The van der Waals surface area contributed by atoms with Crippen LogP contribution >= 0.6 is 0 Å². The van der Waals surface area contributed by atoms with Gasteiger partial charge in [0.25, 0.3) is 0 Å². The van der Waals surface area contributed by atoms with Crippen LogP contribution in [0, 0.1) is 0 Å². The van der Waals surface area contributed by atoms with Crippen molar-refractivity contribution in [3.05, 3.63) is 0 Å². The van der Waals surface area contributed by atoms with Crippen LogP contribution in [0.15, 0.2) is 0 Å². The summed E-state index contributed by atoms with van der Waals surface area (Å²) in [5.41, 5.74) is 0. The molecule has 1 N–H and O–H groups in total. The van der Waals surface area contributed by atoms with Crippen LogP contribution in [0.2, 0.25) is 18.1 Å². The van der Waals surface area contributed by atoms with Crippen molar-refractivity contribution in [1.82, 2.24) is 5.32 Å². The predicted octanol–water partition coefficient (Wildman–Crippen LogP) is 2.39. The van der Waals surface area contributed by atoms with Crippen molar-refractivity contribution >= 4 is 8.32 Å². The fourth-order valence-corrected chi connectivity index (χ4v) is 2.39. The van der Waals surface area contributed by atoms with E-state index in [0.717, 1.165) is 19.8 Å². The van der Waals surface area contributed by atoms with Gasteiger partial charge in [-0.3, -0.25) is 0 Å². The number of rotatable bonds is 3. The maximum atomic E-state index is 6.14. The molecular weight excluding hydrogens is 218 g/mol. The lowest BCUT2D eigenvalue weighted by Crippen LogP contribution is -2.49. The van der Waals surface area contributed by atoms with Gasteiger partial charge in [0.1, 0.15) is 0 Å². The molecule has 0 aromatic rings. The van der Waals surface area contributed by atoms with E-state index in [-0.39, 0.29) is 11.1 Å². The van der Waals surface area contributed by atoms with Crippen molar-refractivity contribution in [1.29, 1.82) is 0 Å². The van der Waals surface area contributed by atoms with E-state index in [1.165, 1.54) is 0 Å². The highest BCUT2D eigenvalue weighted by atomic mass is 28.4. The first-order chi connectivity index (χ1) is 7.22. The average Bonchev–Trinajstić information content (AvgIpc) is 2.15. The summed E-state index contributed by atoms with van der Waals surface area (Å²) >= 11 is 0. The van der Waals surface area contributed by atoms with E-state index >= 15 is 0 Å². The highest BCUT2D eigenvalue weighted by molar-refractivity contribution is 6.74. The van der Waals surface area contributed by atoms with Gasteiger partial charge < -0.3 is 14.5 Å². The molecule has 1 rings (SSSR count). The third-order valence-corrected chi connectivity index (χ3v) is 8.21. The molecule has 3 nitrogen and oxygen atoms in total. The lowest BCUT2D eigenvalue weighted by molar-refractivity contribution is -0.0193. The number of morpholine rings is 1. The van der Waals surface area contributed by atoms with E-state index in [9.17, 15) is 0 Å². The summed E-state index contributed by atoms with van der Waals surface area (Å²) in [5, 5.41) is 3.70. The molecule has 2 atom stereocenters. The second kappa shape index (κ2) is 5.17. The molecule has 1 fully saturated rings. The molecule has 0 aromatic carbocycles. The first-order valence-electron chi connectivity index (χ1n) is 6.21. The quantitative estimate of drug-likeness (QED) is 0.775. The van der Waals surface area contributed by atoms with Crippen molar-refractivity contribution in [3.8, 4) is 0 Å². The Bertz CT molecular complexity index is 218. The Balaban J connectivity index is 2.34. The lowest BCUT2D eigenvalue weighted by Gasteiger charge is -2.38. The van der Waals surface area contributed by atoms with Crippen LogP contribution in [0.25, 0.3) is 0 Å². The second-order valence-corrected chi connectivity index (χ2v) is 11.1. The Kier molecular flexibility index (Phi) is 4.57. The summed E-state index contributed by atoms with van der Waals surface area (Å²) in [6.45, 7) is 15.9. The van der Waals surface area contributed by atoms with E-state index in [1.54, 1.807) is 0 Å². The Hall–Kier alpha value is 0.0969. The van der Waals surface area contributed by atoms with Gasteiger partial charge in [0.2, 0.25) is 0 Å². The fraction of sp³-hybridized carbons (Fsp3) is 1.00. The average molecular weight is 245 g/mol. The molecular formula is C12H27NO2Si. The first kappa shape index (κ1) is 14.2. The maximum Gasteiger partial charge on any atom is 0.192 e. The second-order valence-electron chi connectivity index (χ2n) is 6.34. The molecule has 0 bridgehead atoms. The van der Waals surface area contributed by atoms with E-state index < -0.39 is 8.32 Å². The Morgan fingerprint density at radius 1 is 1.38 bits per heavy atom. The van der Waals surface area contributed by atoms with E-state index in [2.05, 4.69) is 46.1 Å². The van der Waals surface area contributed by atoms with Crippen LogP contribution in [0.3, 0.4) is 0 Å². The van der Waals surface area contributed by atoms with E-state index in [1.807, 2.05) is 0 Å². The van der Waals surface area contributed by atoms with E-state index in [0.29, 0.717) is 6.04 Å². The van der Waals surface area contributed by atoms with Gasteiger partial charge in [-0.1, -0.05) is 20.8 Å². The number of nitrogens with one attached hydrogen (secondary N) is 1. The molecule has 0 unspecified atom stereocenters. The van der Waals surface area contributed by atoms with Gasteiger partial charge in [0.15, 0.2) is 8.32 Å². The minimum Gasteiger partial charge on any atom is -0.414 e. The normalized spacial score (nSPS) is 28.1. The Morgan fingerprint density at radius 2 is 2.00 bits per heavy atom. The van der Waals surface area contributed by atoms with Crippen molar-refractivity contribution < 1.29 is 9.16 Å². The maximum absolute atomic E-state index is 6.14. The largest absolute Gasteiger partial charge is 0.414 e. The summed E-state index contributed by atoms with van der Waals surface area (Å²) < 4.78 is 11.9. The van der Waals surface area contributed by atoms with Gasteiger partial charge in [-0.2, -0.15) is 0 Å². The molecule has 1 heterocycles. The van der Waals surface area contributed by atoms with Crippen LogP contribution in [-0.2, 0) is 9.16 Å². The summed E-state index contributed by atoms with van der Waals surface area (Å²) in [7, 11) is -1.61. The Labute approximate surface area is 101 Å². The van der Waals surface area contributed by atoms with E-state index in [4.69, 9.17) is 9.16 Å². The van der Waals surface area contributed by atoms with Crippen LogP contribution in [0.5, 0.6) is 0 Å². The van der Waals surface area contributed by atoms with Crippen LogP contribution in [-0.4, -0.2) is 40.2 Å². The molecule has 0 saturated carbocycles. The molecule has 1 aliphatic rings. The summed E-state index contributed by atoms with van der Waals surface area (Å²) in [6.07, 6.45) is 0.227. The fourth-order valence-electron chi connectivity index (χ4n) is 1.36. The minimum atomic E-state index is -1.61. The van der Waals surface area contributed by atoms with Gasteiger partial charge in [-0.25, -0.2) is 0 Å². The number of hydrogen-bond acceptors (Lipinski definition) is 3. The standard InChI is InChI=1S/C12H27NO2Si/c1-10-8-14-11(7-13-10)9-15-16(5,6)12(2,3)4/h10-11,13H,7-9H2,1-6H3/t10-,11-/m1/s1. The van der Waals surface area contributed by atoms with Gasteiger partial charge in [0, 0.05) is 12.6 Å². The molecule has 1 aliphatic heterocycles. The first-order valence-corrected chi connectivity index (χ1v) is 9.12. The van der Waals surface area contributed by atoms with Gasteiger partial charge in [-0.15, -0.1) is 0 Å². The van der Waals surface area contributed by atoms with Crippen molar-refractivity contribution in [2.75, 3.05) is 19.8 Å². The smallest absolute Gasteiger partial charge is 0.192 e. The van der Waals surface area contributed by atoms with Gasteiger partial charge in [-0.05, 0) is 25.1 Å². The zero-order valence-electron chi connectivity index (χ0n) is 11.6. The minimum absolute atomic E-state index is 0.227. The van der Waals surface area contributed by atoms with Crippen LogP contribution in [0.1, 0.15) is 27.7 Å². The lowest BCUT2D eigenvalue weighted by atomic mass is 10.2. The van der Waals surface area contributed by atoms with Gasteiger partial charge >= 0.3 is 0 Å². The van der Waals surface area contributed by atoms with Crippen molar-refractivity contribution in [3.63, 3.8) is 0 Å². The molecule has 0 spiro atoms. The molecule has 96 valence electrons. The zero-order valence-corrected chi connectivity index (χ0v) is 12.6. The number of ether oxygens (including phenoxy) is 1. The molecule has 4 heteroatoms. The van der Waals surface area contributed by atoms with Crippen LogP contribution < -0.4 is 5.32 Å². The van der Waals surface area contributed by atoms with Crippen molar-refractivity contribution in [2.24, 2.45) is 0 Å². The van der Waals surface area contributed by atoms with Crippen LogP contribution in [0.4, 0.5) is 0 Å². The third-order valence-electron chi connectivity index (χ3n) is 3.71. The topological polar surface area (TPSA) is 30.5 Å². The SMILES string of the molecule is C[C@@H]1CO[C@@H](CO[Si](C)(C)C(C)(C)C)CN1. The summed E-state index contributed by atoms with van der Waals surface area (Å²) in [5.74, 6) is 0. The van der Waals surface area contributed by atoms with Gasteiger partial charge in [0.05, 0.1) is 19.3 Å². The molecule has 1 saturated heterocycles. The molecule has 0 aromatic heterocycles. The summed E-state index contributed by atoms with van der Waals surface area (Å²) in [6, 6.07) is 0.476. The monoisotopic (exact) mass is 245 g/mol. The van der Waals surface area contributed by atoms with Crippen molar-refractivity contribution in [2.45, 2.75) is 58.0 Å². The number of hydrogen-bond donors (Lipinski definition) is 1. The highest BCUT2D eigenvalue weighted by Crippen LogP contribution is 2.36. The molecule has 0 amide bonds. The third kappa shape index (κ3) is 3.84. The Morgan fingerprint density at radius 3 is 2.44 bits per heavy atom. The predicted molar refractivity (Wildman–Crippen MR) is 70.4 cm³/mol. The molecule has 0 aliphatic carbocycles. The summed E-state index contributed by atoms with van der Waals surface area (Å²) in [4.78, 5) is 0. The highest BCUT2D eigenvalue weighted by Gasteiger charge is 2.37. The molecule has 16 heavy (non-hydrogen) atoms. The molecule has 0 radical (unpaired) electrons. The zero-order chi connectivity index (χ0) is 12.4.